The molecule has 348 valence electrons. The first-order valence-corrected chi connectivity index (χ1v) is 28.3. The minimum atomic E-state index is -2.01. The molecule has 2 rings (SSSR count). The molecule has 2 aromatic rings. The van der Waals surface area contributed by atoms with E-state index < -0.39 is 14.4 Å². The van der Waals surface area contributed by atoms with E-state index in [9.17, 15) is 4.79 Å². The fourth-order valence-corrected chi connectivity index (χ4v) is 8.86. The average Bonchev–Trinajstić information content (AvgIpc) is 3.21. The van der Waals surface area contributed by atoms with Crippen LogP contribution < -0.4 is 9.74 Å². The average molecular weight is 862 g/mol. The number of allylic oxidation sites excluding steroid dienone is 1. The molecule has 0 aliphatic carbocycles. The Balaban J connectivity index is 2.11. The van der Waals surface area contributed by atoms with Crippen molar-refractivity contribution in [2.75, 3.05) is 11.9 Å². The predicted molar refractivity (Wildman–Crippen MR) is 268 cm³/mol. The maximum Gasteiger partial charge on any atom is 0.306 e. The van der Waals surface area contributed by atoms with Crippen molar-refractivity contribution < 1.29 is 18.7 Å². The summed E-state index contributed by atoms with van der Waals surface area (Å²) < 4.78 is 19.6. The summed E-state index contributed by atoms with van der Waals surface area (Å²) in [4.78, 5) is 13.6. The number of hydrogen-bond acceptors (Lipinski definition) is 5. The molecular weight excluding hydrogens is 767 g/mol. The molecule has 0 radical (unpaired) electrons. The molecule has 2 atom stereocenters. The van der Waals surface area contributed by atoms with Crippen LogP contribution in [0.2, 0.25) is 18.1 Å². The highest BCUT2D eigenvalue weighted by atomic mass is 28.4. The maximum atomic E-state index is 13.6. The number of benzene rings is 2. The predicted octanol–water partition coefficient (Wildman–Crippen LogP) is 17.3. The van der Waals surface area contributed by atoms with Gasteiger partial charge < -0.3 is 19.2 Å². The SMILES string of the molecule is CCCCCCCCCCCCC/C=C/[C@@H](OC(=O)CCCCCCCCCCCCCCC)[C@H](COCc1ccccc1)Nc1c(C)cc(O[Si](C)(C)C(C)(C)C)cc1C. The Morgan fingerprint density at radius 1 is 0.672 bits per heavy atom. The number of nitrogens with one attached hydrogen (secondary N) is 1. The quantitative estimate of drug-likeness (QED) is 0.0317. The van der Waals surface area contributed by atoms with Crippen LogP contribution >= 0.6 is 0 Å². The molecule has 0 amide bonds. The molecule has 0 aliphatic heterocycles. The van der Waals surface area contributed by atoms with Gasteiger partial charge >= 0.3 is 5.97 Å². The number of aryl methyl sites for hydroxylation is 2. The van der Waals surface area contributed by atoms with Gasteiger partial charge in [-0.3, -0.25) is 4.79 Å². The second kappa shape index (κ2) is 33.0. The van der Waals surface area contributed by atoms with Gasteiger partial charge in [-0.15, -0.1) is 0 Å². The molecule has 0 spiro atoms. The smallest absolute Gasteiger partial charge is 0.306 e. The van der Waals surface area contributed by atoms with Crippen molar-refractivity contribution in [1.82, 2.24) is 0 Å². The van der Waals surface area contributed by atoms with Crippen molar-refractivity contribution in [3.8, 4) is 5.75 Å². The van der Waals surface area contributed by atoms with Gasteiger partial charge in [0, 0.05) is 12.1 Å². The fraction of sp³-hybridized carbons (Fsp3) is 0.727. The van der Waals surface area contributed by atoms with Gasteiger partial charge in [0.15, 0.2) is 0 Å². The zero-order chi connectivity index (χ0) is 44.6. The van der Waals surface area contributed by atoms with Crippen molar-refractivity contribution in [2.45, 2.75) is 252 Å². The lowest BCUT2D eigenvalue weighted by atomic mass is 10.0. The molecule has 6 heteroatoms. The van der Waals surface area contributed by atoms with E-state index in [4.69, 9.17) is 13.9 Å². The molecule has 0 saturated carbocycles. The van der Waals surface area contributed by atoms with Gasteiger partial charge in [0.25, 0.3) is 0 Å². The third-order valence-corrected chi connectivity index (χ3v) is 17.2. The molecule has 0 heterocycles. The number of unbranched alkanes of at least 4 members (excludes halogenated alkanes) is 23. The summed E-state index contributed by atoms with van der Waals surface area (Å²) in [6.07, 6.45) is 36.7. The lowest BCUT2D eigenvalue weighted by molar-refractivity contribution is -0.148. The van der Waals surface area contributed by atoms with E-state index in [0.29, 0.717) is 19.6 Å². The standard InChI is InChI=1S/C55H95NO4Si/c1-10-12-14-16-18-20-22-24-26-28-30-32-37-41-52(59-53(57)42-38-33-31-29-27-25-23-21-19-17-15-13-11-2)51(46-58-45-49-39-35-34-36-40-49)56-54-47(3)43-50(44-48(54)4)60-61(8,9)55(5,6)7/h34-37,39-41,43-44,51-52,56H,10-33,38,42,45-46H2,1-9H3/b41-37+/t51-,52+/m0/s1. The lowest BCUT2D eigenvalue weighted by Gasteiger charge is -2.37. The Labute approximate surface area is 378 Å². The molecular formula is C55H95NO4Si. The van der Waals surface area contributed by atoms with Crippen molar-refractivity contribution in [3.05, 3.63) is 71.3 Å². The second-order valence-electron chi connectivity index (χ2n) is 19.7. The van der Waals surface area contributed by atoms with E-state index in [0.717, 1.165) is 53.8 Å². The van der Waals surface area contributed by atoms with Gasteiger partial charge in [0.1, 0.15) is 11.9 Å². The van der Waals surface area contributed by atoms with Crippen molar-refractivity contribution in [2.24, 2.45) is 0 Å². The summed E-state index contributed by atoms with van der Waals surface area (Å²) in [6, 6.07) is 14.4. The van der Waals surface area contributed by atoms with Gasteiger partial charge in [-0.1, -0.05) is 212 Å². The van der Waals surface area contributed by atoms with Crippen molar-refractivity contribution >= 4 is 20.0 Å². The number of carbonyl (C=O) groups is 1. The van der Waals surface area contributed by atoms with Gasteiger partial charge in [0.2, 0.25) is 8.32 Å². The number of rotatable bonds is 37. The van der Waals surface area contributed by atoms with Gasteiger partial charge in [-0.05, 0) is 86.1 Å². The molecule has 0 fully saturated rings. The Hall–Kier alpha value is -2.57. The maximum absolute atomic E-state index is 13.6. The second-order valence-corrected chi connectivity index (χ2v) is 24.5. The molecule has 0 aromatic heterocycles. The highest BCUT2D eigenvalue weighted by Crippen LogP contribution is 2.39. The highest BCUT2D eigenvalue weighted by molar-refractivity contribution is 6.74. The molecule has 0 saturated heterocycles. The normalized spacial score (nSPS) is 13.1. The highest BCUT2D eigenvalue weighted by Gasteiger charge is 2.39. The van der Waals surface area contributed by atoms with Gasteiger partial charge in [-0.25, -0.2) is 0 Å². The molecule has 1 N–H and O–H groups in total. The number of ether oxygens (including phenoxy) is 2. The van der Waals surface area contributed by atoms with E-state index in [1.54, 1.807) is 0 Å². The number of carbonyl (C=O) groups excluding carboxylic acids is 1. The molecule has 0 bridgehead atoms. The third kappa shape index (κ3) is 25.3. The summed E-state index contributed by atoms with van der Waals surface area (Å²) in [5, 5.41) is 3.95. The first kappa shape index (κ1) is 54.6. The van der Waals surface area contributed by atoms with Crippen molar-refractivity contribution in [3.63, 3.8) is 0 Å². The van der Waals surface area contributed by atoms with Crippen molar-refractivity contribution in [1.29, 1.82) is 0 Å². The molecule has 61 heavy (non-hydrogen) atoms. The van der Waals surface area contributed by atoms with E-state index >= 15 is 0 Å². The van der Waals surface area contributed by atoms with Crippen LogP contribution in [-0.4, -0.2) is 33.0 Å². The Kier molecular flexibility index (Phi) is 29.5. The monoisotopic (exact) mass is 862 g/mol. The molecule has 5 nitrogen and oxygen atoms in total. The Bertz CT molecular complexity index is 1390. The first-order valence-electron chi connectivity index (χ1n) is 25.4. The number of hydrogen-bond donors (Lipinski definition) is 1. The van der Waals surface area contributed by atoms with E-state index in [1.807, 2.05) is 18.2 Å². The van der Waals surface area contributed by atoms with Crippen LogP contribution in [0.5, 0.6) is 5.75 Å². The molecule has 0 unspecified atom stereocenters. The summed E-state index contributed by atoms with van der Waals surface area (Å²) in [7, 11) is -2.01. The number of esters is 1. The lowest BCUT2D eigenvalue weighted by Crippen LogP contribution is -2.44. The van der Waals surface area contributed by atoms with E-state index in [-0.39, 0.29) is 17.0 Å². The number of anilines is 1. The first-order chi connectivity index (χ1) is 29.4. The Morgan fingerprint density at radius 3 is 1.61 bits per heavy atom. The zero-order valence-electron chi connectivity index (χ0n) is 41.3. The van der Waals surface area contributed by atoms with Crippen LogP contribution in [0.25, 0.3) is 0 Å². The fourth-order valence-electron chi connectivity index (χ4n) is 7.85. The van der Waals surface area contributed by atoms with E-state index in [1.165, 1.54) is 135 Å². The summed E-state index contributed by atoms with van der Waals surface area (Å²) in [6.45, 7) is 21.2. The van der Waals surface area contributed by atoms with Gasteiger partial charge in [0.05, 0.1) is 19.3 Å². The van der Waals surface area contributed by atoms with Crippen LogP contribution in [0.1, 0.15) is 218 Å². The summed E-state index contributed by atoms with van der Waals surface area (Å²) in [5.41, 5.74) is 4.41. The van der Waals surface area contributed by atoms with Crippen LogP contribution in [-0.2, 0) is 20.9 Å². The van der Waals surface area contributed by atoms with Gasteiger partial charge in [-0.2, -0.15) is 0 Å². The molecule has 2 aromatic carbocycles. The van der Waals surface area contributed by atoms with Crippen LogP contribution in [0.15, 0.2) is 54.6 Å². The topological polar surface area (TPSA) is 56.8 Å². The zero-order valence-corrected chi connectivity index (χ0v) is 42.3. The largest absolute Gasteiger partial charge is 0.543 e. The minimum absolute atomic E-state index is 0.108. The summed E-state index contributed by atoms with van der Waals surface area (Å²) in [5.74, 6) is 0.811. The summed E-state index contributed by atoms with van der Waals surface area (Å²) >= 11 is 0. The van der Waals surface area contributed by atoms with Crippen LogP contribution in [0, 0.1) is 13.8 Å². The van der Waals surface area contributed by atoms with Crippen LogP contribution in [0.3, 0.4) is 0 Å². The third-order valence-electron chi connectivity index (χ3n) is 12.9. The Morgan fingerprint density at radius 2 is 1.13 bits per heavy atom. The minimum Gasteiger partial charge on any atom is -0.543 e. The van der Waals surface area contributed by atoms with E-state index in [2.05, 4.69) is 103 Å². The van der Waals surface area contributed by atoms with Crippen LogP contribution in [0.4, 0.5) is 5.69 Å². The molecule has 0 aliphatic rings.